The number of urea groups is 1. The average molecular weight is 297 g/mol. The second kappa shape index (κ2) is 8.21. The molecule has 0 saturated carbocycles. The monoisotopic (exact) mass is 297 g/mol. The van der Waals surface area contributed by atoms with Crippen LogP contribution in [-0.4, -0.2) is 48.2 Å². The third-order valence-electron chi connectivity index (χ3n) is 3.07. The predicted octanol–water partition coefficient (Wildman–Crippen LogP) is 1.99. The van der Waals surface area contributed by atoms with Gasteiger partial charge in [-0.25, -0.2) is 14.0 Å². The number of benzene rings is 1. The summed E-state index contributed by atoms with van der Waals surface area (Å²) in [5, 5.41) is 13.8. The number of aromatic carboxylic acids is 1. The van der Waals surface area contributed by atoms with Gasteiger partial charge in [0.1, 0.15) is 5.82 Å². The fourth-order valence-electron chi connectivity index (χ4n) is 1.81. The highest BCUT2D eigenvalue weighted by atomic mass is 19.1. The lowest BCUT2D eigenvalue weighted by Crippen LogP contribution is -2.36. The third kappa shape index (κ3) is 5.39. The van der Waals surface area contributed by atoms with E-state index < -0.39 is 23.4 Å². The minimum absolute atomic E-state index is 0.206. The summed E-state index contributed by atoms with van der Waals surface area (Å²) < 4.78 is 13.4. The summed E-state index contributed by atoms with van der Waals surface area (Å²) in [6, 6.07) is 2.98. The number of anilines is 1. The van der Waals surface area contributed by atoms with Gasteiger partial charge in [-0.2, -0.15) is 0 Å². The molecule has 1 aromatic carbocycles. The molecular formula is C14H20FN3O3. The molecule has 6 nitrogen and oxygen atoms in total. The molecule has 3 N–H and O–H groups in total. The molecule has 21 heavy (non-hydrogen) atoms. The number of carboxylic acid groups (broad SMARTS) is 1. The molecule has 0 unspecified atom stereocenters. The molecule has 0 atom stereocenters. The molecule has 0 aromatic heterocycles. The fraction of sp³-hybridized carbons (Fsp3) is 0.429. The maximum absolute atomic E-state index is 13.4. The van der Waals surface area contributed by atoms with E-state index in [1.807, 2.05) is 13.8 Å². The highest BCUT2D eigenvalue weighted by molar-refractivity contribution is 5.91. The van der Waals surface area contributed by atoms with Crippen LogP contribution in [0, 0.1) is 5.82 Å². The van der Waals surface area contributed by atoms with Crippen LogP contribution in [0.2, 0.25) is 0 Å². The number of carbonyl (C=O) groups excluding carboxylic acids is 1. The Kier molecular flexibility index (Phi) is 6.61. The minimum atomic E-state index is -1.34. The number of amides is 2. The molecular weight excluding hydrogens is 277 g/mol. The van der Waals surface area contributed by atoms with Gasteiger partial charge in [0.25, 0.3) is 0 Å². The van der Waals surface area contributed by atoms with Crippen LogP contribution in [0.3, 0.4) is 0 Å². The first-order valence-corrected chi connectivity index (χ1v) is 6.78. The quantitative estimate of drug-likeness (QED) is 0.719. The lowest BCUT2D eigenvalue weighted by molar-refractivity contribution is 0.0692. The molecule has 0 fully saturated rings. The molecule has 0 radical (unpaired) electrons. The van der Waals surface area contributed by atoms with Gasteiger partial charge in [-0.3, -0.25) is 0 Å². The number of carboxylic acids is 1. The molecule has 0 bridgehead atoms. The minimum Gasteiger partial charge on any atom is -0.478 e. The second-order valence-corrected chi connectivity index (χ2v) is 4.41. The van der Waals surface area contributed by atoms with Gasteiger partial charge in [0.05, 0.1) is 5.56 Å². The predicted molar refractivity (Wildman–Crippen MR) is 78.2 cm³/mol. The van der Waals surface area contributed by atoms with Gasteiger partial charge in [-0.15, -0.1) is 0 Å². The third-order valence-corrected chi connectivity index (χ3v) is 3.07. The first-order chi connectivity index (χ1) is 9.97. The van der Waals surface area contributed by atoms with Crippen molar-refractivity contribution < 1.29 is 19.1 Å². The van der Waals surface area contributed by atoms with E-state index in [1.54, 1.807) is 0 Å². The molecule has 0 aliphatic heterocycles. The fourth-order valence-corrected chi connectivity index (χ4v) is 1.81. The Labute approximate surface area is 122 Å². The van der Waals surface area contributed by atoms with Crippen LogP contribution in [-0.2, 0) is 0 Å². The van der Waals surface area contributed by atoms with Gasteiger partial charge >= 0.3 is 12.0 Å². The van der Waals surface area contributed by atoms with Crippen LogP contribution in [0.25, 0.3) is 0 Å². The maximum atomic E-state index is 13.4. The molecule has 0 aliphatic carbocycles. The summed E-state index contributed by atoms with van der Waals surface area (Å²) in [7, 11) is 0. The molecule has 1 rings (SSSR count). The molecule has 1 aromatic rings. The zero-order valence-corrected chi connectivity index (χ0v) is 12.1. The normalized spacial score (nSPS) is 10.5. The zero-order chi connectivity index (χ0) is 15.8. The molecule has 7 heteroatoms. The lowest BCUT2D eigenvalue weighted by atomic mass is 10.2. The summed E-state index contributed by atoms with van der Waals surface area (Å²) in [5.41, 5.74) is -0.222. The van der Waals surface area contributed by atoms with Gasteiger partial charge < -0.3 is 20.6 Å². The Morgan fingerprint density at radius 2 is 1.95 bits per heavy atom. The smallest absolute Gasteiger partial charge is 0.338 e. The zero-order valence-electron chi connectivity index (χ0n) is 12.1. The number of nitrogens with one attached hydrogen (secondary N) is 2. The molecule has 116 valence electrons. The van der Waals surface area contributed by atoms with E-state index >= 15 is 0 Å². The van der Waals surface area contributed by atoms with E-state index in [0.717, 1.165) is 31.8 Å². The first-order valence-electron chi connectivity index (χ1n) is 6.78. The van der Waals surface area contributed by atoms with Crippen molar-refractivity contribution in [1.29, 1.82) is 0 Å². The van der Waals surface area contributed by atoms with Crippen molar-refractivity contribution in [2.45, 2.75) is 13.8 Å². The van der Waals surface area contributed by atoms with E-state index in [9.17, 15) is 14.0 Å². The number of hydrogen-bond acceptors (Lipinski definition) is 3. The van der Waals surface area contributed by atoms with E-state index in [4.69, 9.17) is 5.11 Å². The molecule has 0 spiro atoms. The Balaban J connectivity index is 2.48. The number of rotatable bonds is 7. The Bertz CT molecular complexity index is 504. The summed E-state index contributed by atoms with van der Waals surface area (Å²) in [6.45, 7) is 7.09. The maximum Gasteiger partial charge on any atom is 0.338 e. The van der Waals surface area contributed by atoms with E-state index in [0.29, 0.717) is 6.54 Å². The van der Waals surface area contributed by atoms with Gasteiger partial charge in [0.15, 0.2) is 0 Å². The van der Waals surface area contributed by atoms with Crippen LogP contribution in [0.5, 0.6) is 0 Å². The number of carbonyl (C=O) groups is 2. The highest BCUT2D eigenvalue weighted by Gasteiger charge is 2.11. The standard InChI is InChI=1S/C14H20FN3O3/c1-3-18(4-2)8-7-16-14(21)17-10-5-6-11(13(19)20)12(15)9-10/h5-6,9H,3-4,7-8H2,1-2H3,(H,19,20)(H2,16,17,21). The summed E-state index contributed by atoms with van der Waals surface area (Å²) in [4.78, 5) is 24.4. The van der Waals surface area contributed by atoms with Crippen molar-refractivity contribution in [1.82, 2.24) is 10.2 Å². The van der Waals surface area contributed by atoms with Gasteiger partial charge in [0, 0.05) is 18.8 Å². The Morgan fingerprint density at radius 1 is 1.29 bits per heavy atom. The van der Waals surface area contributed by atoms with Gasteiger partial charge in [-0.05, 0) is 31.3 Å². The SMILES string of the molecule is CCN(CC)CCNC(=O)Nc1ccc(C(=O)O)c(F)c1. The molecule has 2 amide bonds. The van der Waals surface area contributed by atoms with Crippen molar-refractivity contribution >= 4 is 17.7 Å². The van der Waals surface area contributed by atoms with Crippen LogP contribution in [0.1, 0.15) is 24.2 Å². The lowest BCUT2D eigenvalue weighted by Gasteiger charge is -2.18. The topological polar surface area (TPSA) is 81.7 Å². The van der Waals surface area contributed by atoms with Gasteiger partial charge in [-0.1, -0.05) is 13.8 Å². The molecule has 0 saturated heterocycles. The number of likely N-dealkylation sites (N-methyl/N-ethyl adjacent to an activating group) is 1. The Hall–Kier alpha value is -2.15. The number of halogens is 1. The van der Waals surface area contributed by atoms with E-state index in [-0.39, 0.29) is 5.69 Å². The summed E-state index contributed by atoms with van der Waals surface area (Å²) in [5.74, 6) is -2.23. The number of nitrogens with zero attached hydrogens (tertiary/aromatic N) is 1. The van der Waals surface area contributed by atoms with Crippen molar-refractivity contribution in [3.63, 3.8) is 0 Å². The van der Waals surface area contributed by atoms with Crippen LogP contribution >= 0.6 is 0 Å². The molecule has 0 aliphatic rings. The summed E-state index contributed by atoms with van der Waals surface area (Å²) >= 11 is 0. The van der Waals surface area contributed by atoms with E-state index in [2.05, 4.69) is 15.5 Å². The first kappa shape index (κ1) is 16.9. The second-order valence-electron chi connectivity index (χ2n) is 4.41. The van der Waals surface area contributed by atoms with Crippen molar-refractivity contribution in [3.8, 4) is 0 Å². The van der Waals surface area contributed by atoms with Crippen LogP contribution in [0.15, 0.2) is 18.2 Å². The van der Waals surface area contributed by atoms with Crippen LogP contribution < -0.4 is 10.6 Å². The van der Waals surface area contributed by atoms with Crippen LogP contribution in [0.4, 0.5) is 14.9 Å². The largest absolute Gasteiger partial charge is 0.478 e. The van der Waals surface area contributed by atoms with Crippen molar-refractivity contribution in [2.24, 2.45) is 0 Å². The number of hydrogen-bond donors (Lipinski definition) is 3. The van der Waals surface area contributed by atoms with Gasteiger partial charge in [0.2, 0.25) is 0 Å². The summed E-state index contributed by atoms with van der Waals surface area (Å²) in [6.07, 6.45) is 0. The van der Waals surface area contributed by atoms with E-state index in [1.165, 1.54) is 6.07 Å². The van der Waals surface area contributed by atoms with Crippen molar-refractivity contribution in [2.75, 3.05) is 31.5 Å². The Morgan fingerprint density at radius 3 is 2.48 bits per heavy atom. The average Bonchev–Trinajstić information content (AvgIpc) is 2.43. The molecule has 0 heterocycles. The highest BCUT2D eigenvalue weighted by Crippen LogP contribution is 2.14. The van der Waals surface area contributed by atoms with Crippen molar-refractivity contribution in [3.05, 3.63) is 29.6 Å².